The van der Waals surface area contributed by atoms with Gasteiger partial charge in [-0.3, -0.25) is 14.5 Å². The van der Waals surface area contributed by atoms with Gasteiger partial charge in [-0.25, -0.2) is 0 Å². The highest BCUT2D eigenvalue weighted by Crippen LogP contribution is 2.35. The topological polar surface area (TPSA) is 70.8 Å². The van der Waals surface area contributed by atoms with Crippen LogP contribution in [0.15, 0.2) is 39.7 Å². The van der Waals surface area contributed by atoms with E-state index in [9.17, 15) is 9.59 Å². The van der Waals surface area contributed by atoms with Gasteiger partial charge >= 0.3 is 5.97 Å². The Bertz CT molecular complexity index is 1000. The molecule has 0 unspecified atom stereocenters. The molecule has 3 rings (SSSR count). The first-order valence-electron chi connectivity index (χ1n) is 9.37. The van der Waals surface area contributed by atoms with Crippen LogP contribution in [0.1, 0.15) is 37.9 Å². The number of carboxylic acids is 1. The van der Waals surface area contributed by atoms with Gasteiger partial charge in [-0.15, -0.1) is 0 Å². The van der Waals surface area contributed by atoms with Crippen molar-refractivity contribution in [2.45, 2.75) is 32.1 Å². The number of hydrogen-bond donors (Lipinski definition) is 1. The summed E-state index contributed by atoms with van der Waals surface area (Å²) in [5.41, 5.74) is 0.680. The Labute approximate surface area is 194 Å². The number of thioether (sulfide) groups is 1. The summed E-state index contributed by atoms with van der Waals surface area (Å²) in [6.45, 7) is 0.524. The van der Waals surface area contributed by atoms with Gasteiger partial charge in [0.05, 0.1) is 9.93 Å². The van der Waals surface area contributed by atoms with Crippen molar-refractivity contribution in [2.75, 3.05) is 6.54 Å². The summed E-state index contributed by atoms with van der Waals surface area (Å²) in [5.74, 6) is 0.158. The highest BCUT2D eigenvalue weighted by molar-refractivity contribution is 8.26. The fourth-order valence-corrected chi connectivity index (χ4v) is 4.65. The summed E-state index contributed by atoms with van der Waals surface area (Å²) in [5, 5.41) is 9.73. The molecule has 1 saturated heterocycles. The molecule has 2 heterocycles. The molecule has 0 bridgehead atoms. The van der Waals surface area contributed by atoms with Crippen LogP contribution >= 0.6 is 47.2 Å². The number of thiocarbonyl (C=S) groups is 1. The van der Waals surface area contributed by atoms with Crippen LogP contribution in [0, 0.1) is 0 Å². The third-order valence-electron chi connectivity index (χ3n) is 4.49. The maximum atomic E-state index is 12.7. The lowest BCUT2D eigenvalue weighted by Gasteiger charge is -2.13. The first kappa shape index (κ1) is 22.9. The Hall–Kier alpha value is -1.80. The van der Waals surface area contributed by atoms with Gasteiger partial charge in [0.15, 0.2) is 0 Å². The second kappa shape index (κ2) is 10.5. The lowest BCUT2D eigenvalue weighted by molar-refractivity contribution is -0.137. The van der Waals surface area contributed by atoms with Gasteiger partial charge in [0.25, 0.3) is 5.91 Å². The Morgan fingerprint density at radius 3 is 2.70 bits per heavy atom. The maximum Gasteiger partial charge on any atom is 0.303 e. The largest absolute Gasteiger partial charge is 0.481 e. The predicted molar refractivity (Wildman–Crippen MR) is 125 cm³/mol. The summed E-state index contributed by atoms with van der Waals surface area (Å²) in [6.07, 6.45) is 4.94. The molecule has 5 nitrogen and oxygen atoms in total. The Kier molecular flexibility index (Phi) is 7.99. The van der Waals surface area contributed by atoms with E-state index < -0.39 is 5.97 Å². The number of carboxylic acid groups (broad SMARTS) is 1. The van der Waals surface area contributed by atoms with Crippen molar-refractivity contribution in [2.24, 2.45) is 0 Å². The second-order valence-corrected chi connectivity index (χ2v) is 9.24. The van der Waals surface area contributed by atoms with E-state index in [1.807, 2.05) is 0 Å². The van der Waals surface area contributed by atoms with Gasteiger partial charge in [-0.2, -0.15) is 0 Å². The lowest BCUT2D eigenvalue weighted by atomic mass is 10.1. The molecular weight excluding hydrogens is 465 g/mol. The normalized spacial score (nSPS) is 15.4. The quantitative estimate of drug-likeness (QED) is 0.249. The predicted octanol–water partition coefficient (Wildman–Crippen LogP) is 6.49. The molecule has 30 heavy (non-hydrogen) atoms. The number of furan rings is 1. The summed E-state index contributed by atoms with van der Waals surface area (Å²) in [7, 11) is 0. The molecule has 0 aliphatic carbocycles. The third kappa shape index (κ3) is 5.88. The van der Waals surface area contributed by atoms with Crippen molar-refractivity contribution < 1.29 is 19.1 Å². The van der Waals surface area contributed by atoms with Crippen LogP contribution in [0.25, 0.3) is 17.4 Å². The zero-order chi connectivity index (χ0) is 21.7. The van der Waals surface area contributed by atoms with E-state index in [0.717, 1.165) is 19.3 Å². The van der Waals surface area contributed by atoms with Crippen molar-refractivity contribution in [3.63, 3.8) is 0 Å². The summed E-state index contributed by atoms with van der Waals surface area (Å²) >= 11 is 18.9. The number of hydrogen-bond acceptors (Lipinski definition) is 5. The molecule has 1 N–H and O–H groups in total. The van der Waals surface area contributed by atoms with Crippen LogP contribution < -0.4 is 0 Å². The number of unbranched alkanes of at least 4 members (excludes halogenated alkanes) is 3. The number of carbonyl (C=O) groups excluding carboxylic acids is 1. The van der Waals surface area contributed by atoms with Crippen molar-refractivity contribution in [3.05, 3.63) is 51.0 Å². The molecule has 0 spiro atoms. The highest BCUT2D eigenvalue weighted by atomic mass is 35.5. The van der Waals surface area contributed by atoms with E-state index in [1.54, 1.807) is 41.3 Å². The first-order chi connectivity index (χ1) is 14.3. The van der Waals surface area contributed by atoms with Crippen LogP contribution in [0.2, 0.25) is 10.0 Å². The Morgan fingerprint density at radius 1 is 1.17 bits per heavy atom. The Balaban J connectivity index is 1.61. The fraction of sp³-hybridized carbons (Fsp3) is 0.286. The van der Waals surface area contributed by atoms with Crippen LogP contribution in [-0.2, 0) is 9.59 Å². The second-order valence-electron chi connectivity index (χ2n) is 6.72. The van der Waals surface area contributed by atoms with Gasteiger partial charge in [-0.05, 0) is 43.2 Å². The zero-order valence-corrected chi connectivity index (χ0v) is 19.0. The smallest absolute Gasteiger partial charge is 0.303 e. The first-order valence-corrected chi connectivity index (χ1v) is 11.4. The molecule has 1 aromatic carbocycles. The van der Waals surface area contributed by atoms with Crippen molar-refractivity contribution in [1.29, 1.82) is 0 Å². The molecule has 0 saturated carbocycles. The third-order valence-corrected chi connectivity index (χ3v) is 6.43. The fourth-order valence-electron chi connectivity index (χ4n) is 2.98. The summed E-state index contributed by atoms with van der Waals surface area (Å²) in [6, 6.07) is 8.67. The number of halogens is 2. The molecule has 1 amide bonds. The number of aliphatic carboxylic acids is 1. The minimum absolute atomic E-state index is 0.144. The molecule has 1 aliphatic rings. The van der Waals surface area contributed by atoms with Gasteiger partial charge < -0.3 is 9.52 Å². The zero-order valence-electron chi connectivity index (χ0n) is 15.9. The molecular formula is C21H19Cl2NO4S2. The molecule has 0 radical (unpaired) electrons. The summed E-state index contributed by atoms with van der Waals surface area (Å²) in [4.78, 5) is 25.3. The number of rotatable bonds is 9. The van der Waals surface area contributed by atoms with Crippen molar-refractivity contribution >= 4 is 69.5 Å². The van der Waals surface area contributed by atoms with Crippen LogP contribution in [0.4, 0.5) is 0 Å². The highest BCUT2D eigenvalue weighted by Gasteiger charge is 2.31. The molecule has 0 atom stereocenters. The lowest BCUT2D eigenvalue weighted by Crippen LogP contribution is -2.29. The maximum absolute atomic E-state index is 12.7. The van der Waals surface area contributed by atoms with Crippen LogP contribution in [0.3, 0.4) is 0 Å². The number of carbonyl (C=O) groups is 2. The van der Waals surface area contributed by atoms with Gasteiger partial charge in [0, 0.05) is 29.6 Å². The number of nitrogens with zero attached hydrogens (tertiary/aromatic N) is 1. The number of amides is 1. The monoisotopic (exact) mass is 483 g/mol. The van der Waals surface area contributed by atoms with Gasteiger partial charge in [-0.1, -0.05) is 60.0 Å². The minimum Gasteiger partial charge on any atom is -0.481 e. The van der Waals surface area contributed by atoms with E-state index in [2.05, 4.69) is 0 Å². The standard InChI is InChI=1S/C21H19Cl2NO4S2/c22-13-6-8-16(23)15(11-13)17-9-7-14(28-17)12-18-20(27)24(21(29)30-18)10-4-2-1-3-5-19(25)26/h6-9,11-12H,1-5,10H2,(H,25,26)/b18-12+. The molecule has 158 valence electrons. The summed E-state index contributed by atoms with van der Waals surface area (Å²) < 4.78 is 6.35. The molecule has 2 aromatic rings. The van der Waals surface area contributed by atoms with E-state index >= 15 is 0 Å². The van der Waals surface area contributed by atoms with E-state index in [-0.39, 0.29) is 12.3 Å². The molecule has 1 fully saturated rings. The van der Waals surface area contributed by atoms with E-state index in [0.29, 0.717) is 49.3 Å². The van der Waals surface area contributed by atoms with Gasteiger partial charge in [0.1, 0.15) is 15.8 Å². The average Bonchev–Trinajstić information content (AvgIpc) is 3.26. The van der Waals surface area contributed by atoms with Crippen molar-refractivity contribution in [1.82, 2.24) is 4.90 Å². The molecule has 1 aliphatic heterocycles. The molecule has 9 heteroatoms. The minimum atomic E-state index is -0.782. The SMILES string of the molecule is O=C(O)CCCCCCN1C(=O)/C(=C\c2ccc(-c3cc(Cl)ccc3Cl)o2)SC1=S. The average molecular weight is 484 g/mol. The van der Waals surface area contributed by atoms with E-state index in [1.165, 1.54) is 11.8 Å². The number of benzene rings is 1. The van der Waals surface area contributed by atoms with Gasteiger partial charge in [0.2, 0.25) is 0 Å². The van der Waals surface area contributed by atoms with Crippen LogP contribution in [0.5, 0.6) is 0 Å². The van der Waals surface area contributed by atoms with Crippen LogP contribution in [-0.4, -0.2) is 32.7 Å². The van der Waals surface area contributed by atoms with E-state index in [4.69, 9.17) is 44.9 Å². The van der Waals surface area contributed by atoms with Crippen molar-refractivity contribution in [3.8, 4) is 11.3 Å². The molecule has 1 aromatic heterocycles. The Morgan fingerprint density at radius 2 is 1.93 bits per heavy atom.